The maximum atomic E-state index is 5.59. The topological polar surface area (TPSA) is 31.0 Å². The van der Waals surface area contributed by atoms with E-state index in [2.05, 4.69) is 41.6 Å². The fourth-order valence-corrected chi connectivity index (χ4v) is 2.49. The highest BCUT2D eigenvalue weighted by Gasteiger charge is 2.26. The summed E-state index contributed by atoms with van der Waals surface area (Å²) in [6.45, 7) is 5.83. The van der Waals surface area contributed by atoms with E-state index in [1.807, 2.05) is 6.92 Å². The Labute approximate surface area is 109 Å². The van der Waals surface area contributed by atoms with Gasteiger partial charge in [-0.15, -0.1) is 0 Å². The van der Waals surface area contributed by atoms with Gasteiger partial charge in [0, 0.05) is 6.61 Å². The molecule has 16 heavy (non-hydrogen) atoms. The van der Waals surface area contributed by atoms with Gasteiger partial charge in [-0.05, 0) is 59.7 Å². The smallest absolute Gasteiger partial charge is 0.189 e. The Bertz CT molecular complexity index is 352. The molecule has 1 aromatic carbocycles. The monoisotopic (exact) mass is 334 g/mol. The molecule has 1 aliphatic rings. The van der Waals surface area contributed by atoms with Gasteiger partial charge < -0.3 is 14.2 Å². The standard InChI is InChI=1S/C12H15IO3/c1-3-14-7-16-12-8(2)4-9(5-10(12)13)11-6-15-11/h4-5,11H,3,6-7H2,1-2H3. The van der Waals surface area contributed by atoms with Gasteiger partial charge in [-0.3, -0.25) is 0 Å². The van der Waals surface area contributed by atoms with E-state index in [1.165, 1.54) is 5.56 Å². The lowest BCUT2D eigenvalue weighted by molar-refractivity contribution is 0.0214. The third kappa shape index (κ3) is 2.87. The van der Waals surface area contributed by atoms with Gasteiger partial charge in [-0.2, -0.15) is 0 Å². The van der Waals surface area contributed by atoms with Crippen LogP contribution in [0.1, 0.15) is 24.2 Å². The van der Waals surface area contributed by atoms with E-state index in [0.29, 0.717) is 19.5 Å². The van der Waals surface area contributed by atoms with Crippen LogP contribution in [0.15, 0.2) is 12.1 Å². The van der Waals surface area contributed by atoms with Crippen LogP contribution in [0, 0.1) is 10.5 Å². The number of epoxide rings is 1. The van der Waals surface area contributed by atoms with Crippen molar-refractivity contribution in [3.8, 4) is 5.75 Å². The molecule has 1 fully saturated rings. The van der Waals surface area contributed by atoms with Gasteiger partial charge in [0.2, 0.25) is 0 Å². The molecular weight excluding hydrogens is 319 g/mol. The second-order valence-electron chi connectivity index (χ2n) is 3.73. The minimum Gasteiger partial charge on any atom is -0.466 e. The van der Waals surface area contributed by atoms with Crippen molar-refractivity contribution in [1.29, 1.82) is 0 Å². The number of hydrogen-bond acceptors (Lipinski definition) is 3. The first kappa shape index (κ1) is 12.1. The molecular formula is C12H15IO3. The van der Waals surface area contributed by atoms with Crippen LogP contribution in [0.2, 0.25) is 0 Å². The van der Waals surface area contributed by atoms with Crippen molar-refractivity contribution in [3.05, 3.63) is 26.8 Å². The molecule has 1 aromatic rings. The van der Waals surface area contributed by atoms with Crippen LogP contribution in [0.25, 0.3) is 0 Å². The first-order valence-corrected chi connectivity index (χ1v) is 6.42. The lowest BCUT2D eigenvalue weighted by atomic mass is 10.1. The van der Waals surface area contributed by atoms with Gasteiger partial charge in [0.15, 0.2) is 6.79 Å². The SMILES string of the molecule is CCOCOc1c(C)cc(C2CO2)cc1I. The van der Waals surface area contributed by atoms with E-state index in [-0.39, 0.29) is 0 Å². The summed E-state index contributed by atoms with van der Waals surface area (Å²) in [5, 5.41) is 0. The predicted octanol–water partition coefficient (Wildman–Crippen LogP) is 3.04. The normalized spacial score (nSPS) is 18.6. The van der Waals surface area contributed by atoms with Gasteiger partial charge >= 0.3 is 0 Å². The molecule has 1 heterocycles. The molecule has 0 spiro atoms. The summed E-state index contributed by atoms with van der Waals surface area (Å²) in [6, 6.07) is 4.24. The quantitative estimate of drug-likeness (QED) is 0.359. The van der Waals surface area contributed by atoms with Crippen LogP contribution in [-0.2, 0) is 9.47 Å². The number of halogens is 1. The van der Waals surface area contributed by atoms with Gasteiger partial charge in [-0.1, -0.05) is 0 Å². The van der Waals surface area contributed by atoms with Gasteiger partial charge in [0.25, 0.3) is 0 Å². The molecule has 1 saturated heterocycles. The van der Waals surface area contributed by atoms with Crippen molar-refractivity contribution >= 4 is 22.6 Å². The summed E-state index contributed by atoms with van der Waals surface area (Å²) in [5.74, 6) is 0.915. The van der Waals surface area contributed by atoms with Crippen molar-refractivity contribution in [2.45, 2.75) is 20.0 Å². The largest absolute Gasteiger partial charge is 0.466 e. The Morgan fingerprint density at radius 2 is 2.25 bits per heavy atom. The fraction of sp³-hybridized carbons (Fsp3) is 0.500. The zero-order valence-electron chi connectivity index (χ0n) is 9.46. The molecule has 88 valence electrons. The first-order chi connectivity index (χ1) is 7.72. The molecule has 0 bridgehead atoms. The van der Waals surface area contributed by atoms with E-state index in [4.69, 9.17) is 14.2 Å². The van der Waals surface area contributed by atoms with Crippen LogP contribution in [0.4, 0.5) is 0 Å². The van der Waals surface area contributed by atoms with Crippen molar-refractivity contribution in [2.75, 3.05) is 20.0 Å². The molecule has 0 aromatic heterocycles. The number of hydrogen-bond donors (Lipinski definition) is 0. The van der Waals surface area contributed by atoms with Crippen LogP contribution in [0.5, 0.6) is 5.75 Å². The summed E-state index contributed by atoms with van der Waals surface area (Å²) in [7, 11) is 0. The molecule has 1 aliphatic heterocycles. The van der Waals surface area contributed by atoms with Crippen molar-refractivity contribution < 1.29 is 14.2 Å². The van der Waals surface area contributed by atoms with E-state index >= 15 is 0 Å². The lowest BCUT2D eigenvalue weighted by Crippen LogP contribution is -2.05. The molecule has 0 N–H and O–H groups in total. The lowest BCUT2D eigenvalue weighted by Gasteiger charge is -2.12. The van der Waals surface area contributed by atoms with Crippen LogP contribution in [-0.4, -0.2) is 20.0 Å². The van der Waals surface area contributed by atoms with Gasteiger partial charge in [-0.25, -0.2) is 0 Å². The summed E-state index contributed by atoms with van der Waals surface area (Å²) in [5.41, 5.74) is 2.38. The minimum atomic E-state index is 0.299. The maximum Gasteiger partial charge on any atom is 0.189 e. The molecule has 2 rings (SSSR count). The highest BCUT2D eigenvalue weighted by atomic mass is 127. The zero-order valence-corrected chi connectivity index (χ0v) is 11.6. The number of ether oxygens (including phenoxy) is 3. The molecule has 0 saturated carbocycles. The summed E-state index contributed by atoms with van der Waals surface area (Å²) >= 11 is 2.29. The molecule has 3 nitrogen and oxygen atoms in total. The van der Waals surface area contributed by atoms with Crippen LogP contribution < -0.4 is 4.74 Å². The zero-order chi connectivity index (χ0) is 11.5. The molecule has 1 atom stereocenters. The highest BCUT2D eigenvalue weighted by Crippen LogP contribution is 2.35. The minimum absolute atomic E-state index is 0.299. The van der Waals surface area contributed by atoms with Crippen molar-refractivity contribution in [3.63, 3.8) is 0 Å². The molecule has 0 radical (unpaired) electrons. The molecule has 1 unspecified atom stereocenters. The van der Waals surface area contributed by atoms with E-state index < -0.39 is 0 Å². The third-order valence-corrected chi connectivity index (χ3v) is 3.25. The average molecular weight is 334 g/mol. The molecule has 0 amide bonds. The number of benzene rings is 1. The van der Waals surface area contributed by atoms with Crippen molar-refractivity contribution in [1.82, 2.24) is 0 Å². The summed E-state index contributed by atoms with van der Waals surface area (Å²) in [4.78, 5) is 0. The van der Waals surface area contributed by atoms with Crippen molar-refractivity contribution in [2.24, 2.45) is 0 Å². The predicted molar refractivity (Wildman–Crippen MR) is 69.7 cm³/mol. The first-order valence-electron chi connectivity index (χ1n) is 5.34. The molecule has 0 aliphatic carbocycles. The second kappa shape index (κ2) is 5.33. The maximum absolute atomic E-state index is 5.59. The Hall–Kier alpha value is -0.330. The second-order valence-corrected chi connectivity index (χ2v) is 4.89. The average Bonchev–Trinajstić information content (AvgIpc) is 3.05. The van der Waals surface area contributed by atoms with Crippen LogP contribution >= 0.6 is 22.6 Å². The summed E-state index contributed by atoms with van der Waals surface area (Å²) < 4.78 is 17.2. The Morgan fingerprint density at radius 1 is 1.50 bits per heavy atom. The van der Waals surface area contributed by atoms with Crippen LogP contribution in [0.3, 0.4) is 0 Å². The van der Waals surface area contributed by atoms with Gasteiger partial charge in [0.05, 0.1) is 10.2 Å². The van der Waals surface area contributed by atoms with E-state index in [0.717, 1.165) is 21.5 Å². The fourth-order valence-electron chi connectivity index (χ4n) is 1.55. The third-order valence-electron chi connectivity index (χ3n) is 2.45. The van der Waals surface area contributed by atoms with E-state index in [1.54, 1.807) is 0 Å². The highest BCUT2D eigenvalue weighted by molar-refractivity contribution is 14.1. The number of rotatable bonds is 5. The Kier molecular flexibility index (Phi) is 4.05. The Morgan fingerprint density at radius 3 is 2.81 bits per heavy atom. The Balaban J connectivity index is 2.11. The van der Waals surface area contributed by atoms with Gasteiger partial charge in [0.1, 0.15) is 11.9 Å². The summed E-state index contributed by atoms with van der Waals surface area (Å²) in [6.07, 6.45) is 0.299. The number of aryl methyl sites for hydroxylation is 1. The molecule has 4 heteroatoms. The van der Waals surface area contributed by atoms with E-state index in [9.17, 15) is 0 Å².